The maximum absolute atomic E-state index is 12.7. The predicted octanol–water partition coefficient (Wildman–Crippen LogP) is 3.94. The summed E-state index contributed by atoms with van der Waals surface area (Å²) < 4.78 is 1.75. The van der Waals surface area contributed by atoms with Crippen molar-refractivity contribution < 1.29 is 4.79 Å². The SMILES string of the molecule is Cn1cc(-c2ccc3cnc(CC(=O)c4ccc5[nH]ccc5c4)cc3n2)cn1. The van der Waals surface area contributed by atoms with Gasteiger partial charge >= 0.3 is 0 Å². The van der Waals surface area contributed by atoms with Gasteiger partial charge in [-0.1, -0.05) is 0 Å². The number of benzene rings is 1. The van der Waals surface area contributed by atoms with Gasteiger partial charge in [0.05, 0.1) is 29.5 Å². The fourth-order valence-corrected chi connectivity index (χ4v) is 3.36. The molecule has 6 heteroatoms. The number of nitrogens with zero attached hydrogens (tertiary/aromatic N) is 4. The molecule has 0 fully saturated rings. The predicted molar refractivity (Wildman–Crippen MR) is 108 cm³/mol. The van der Waals surface area contributed by atoms with Crippen molar-refractivity contribution in [1.29, 1.82) is 0 Å². The second kappa shape index (κ2) is 6.42. The zero-order chi connectivity index (χ0) is 19.1. The van der Waals surface area contributed by atoms with E-state index in [1.807, 2.05) is 61.9 Å². The van der Waals surface area contributed by atoms with Crippen LogP contribution in [0, 0.1) is 0 Å². The van der Waals surface area contributed by atoms with Gasteiger partial charge in [-0.3, -0.25) is 14.5 Å². The maximum Gasteiger partial charge on any atom is 0.168 e. The summed E-state index contributed by atoms with van der Waals surface area (Å²) >= 11 is 0. The molecule has 0 saturated heterocycles. The van der Waals surface area contributed by atoms with E-state index in [0.29, 0.717) is 11.3 Å². The number of carbonyl (C=O) groups is 1. The highest BCUT2D eigenvalue weighted by molar-refractivity contribution is 6.00. The molecule has 0 aliphatic heterocycles. The second-order valence-corrected chi connectivity index (χ2v) is 6.85. The molecule has 0 saturated carbocycles. The van der Waals surface area contributed by atoms with E-state index < -0.39 is 0 Å². The minimum Gasteiger partial charge on any atom is -0.361 e. The van der Waals surface area contributed by atoms with Crippen molar-refractivity contribution in [2.24, 2.45) is 7.05 Å². The Kier molecular flexibility index (Phi) is 3.76. The molecule has 28 heavy (non-hydrogen) atoms. The molecule has 0 spiro atoms. The van der Waals surface area contributed by atoms with Crippen LogP contribution in [0.5, 0.6) is 0 Å². The number of rotatable bonds is 4. The smallest absolute Gasteiger partial charge is 0.168 e. The molecular formula is C22H17N5O. The molecule has 0 amide bonds. The first-order chi connectivity index (χ1) is 13.7. The van der Waals surface area contributed by atoms with Gasteiger partial charge in [0.25, 0.3) is 0 Å². The van der Waals surface area contributed by atoms with Crippen molar-refractivity contribution in [1.82, 2.24) is 24.7 Å². The first-order valence-electron chi connectivity index (χ1n) is 9.01. The number of aromatic nitrogens is 5. The fourth-order valence-electron chi connectivity index (χ4n) is 3.36. The minimum absolute atomic E-state index is 0.0402. The third-order valence-electron chi connectivity index (χ3n) is 4.85. The molecule has 4 aromatic heterocycles. The van der Waals surface area contributed by atoms with Crippen molar-refractivity contribution in [3.05, 3.63) is 78.5 Å². The van der Waals surface area contributed by atoms with Gasteiger partial charge in [0, 0.05) is 53.1 Å². The summed E-state index contributed by atoms with van der Waals surface area (Å²) in [5.41, 5.74) is 5.04. The topological polar surface area (TPSA) is 76.5 Å². The molecule has 0 atom stereocenters. The standard InChI is InChI=1S/C22H17N5O/c1-27-13-17(12-25-27)20-5-3-16-11-24-18(9-21(16)26-20)10-22(28)15-2-4-19-14(8-15)6-7-23-19/h2-9,11-13,23H,10H2,1H3. The van der Waals surface area contributed by atoms with E-state index in [9.17, 15) is 4.79 Å². The number of aryl methyl sites for hydroxylation is 1. The highest BCUT2D eigenvalue weighted by Gasteiger charge is 2.11. The van der Waals surface area contributed by atoms with Gasteiger partial charge in [-0.25, -0.2) is 4.98 Å². The van der Waals surface area contributed by atoms with Crippen LogP contribution in [0.4, 0.5) is 0 Å². The molecule has 0 unspecified atom stereocenters. The molecule has 1 N–H and O–H groups in total. The summed E-state index contributed by atoms with van der Waals surface area (Å²) in [4.78, 5) is 25.0. The van der Waals surface area contributed by atoms with E-state index >= 15 is 0 Å². The fraction of sp³-hybridized carbons (Fsp3) is 0.0909. The van der Waals surface area contributed by atoms with Crippen LogP contribution in [0.15, 0.2) is 67.3 Å². The zero-order valence-corrected chi connectivity index (χ0v) is 15.3. The summed E-state index contributed by atoms with van der Waals surface area (Å²) in [6, 6.07) is 13.5. The van der Waals surface area contributed by atoms with Crippen molar-refractivity contribution in [3.63, 3.8) is 0 Å². The van der Waals surface area contributed by atoms with Gasteiger partial charge in [-0.2, -0.15) is 5.10 Å². The Bertz CT molecular complexity index is 1330. The largest absolute Gasteiger partial charge is 0.361 e. The molecular weight excluding hydrogens is 350 g/mol. The van der Waals surface area contributed by atoms with Gasteiger partial charge in [0.15, 0.2) is 5.78 Å². The van der Waals surface area contributed by atoms with E-state index in [1.165, 1.54) is 0 Å². The van der Waals surface area contributed by atoms with Crippen LogP contribution >= 0.6 is 0 Å². The Labute approximate surface area is 160 Å². The number of carbonyl (C=O) groups excluding carboxylic acids is 1. The van der Waals surface area contributed by atoms with Gasteiger partial charge in [0.1, 0.15) is 0 Å². The minimum atomic E-state index is 0.0402. The maximum atomic E-state index is 12.7. The van der Waals surface area contributed by atoms with Crippen LogP contribution in [0.2, 0.25) is 0 Å². The van der Waals surface area contributed by atoms with Crippen LogP contribution in [-0.2, 0) is 13.5 Å². The first-order valence-corrected chi connectivity index (χ1v) is 9.01. The molecule has 136 valence electrons. The van der Waals surface area contributed by atoms with E-state index in [4.69, 9.17) is 4.98 Å². The molecule has 0 aliphatic rings. The molecule has 0 bridgehead atoms. The van der Waals surface area contributed by atoms with Crippen molar-refractivity contribution >= 4 is 27.6 Å². The normalized spacial score (nSPS) is 11.3. The Balaban J connectivity index is 1.45. The number of nitrogens with one attached hydrogen (secondary N) is 1. The number of hydrogen-bond donors (Lipinski definition) is 1. The average molecular weight is 367 g/mol. The lowest BCUT2D eigenvalue weighted by molar-refractivity contribution is 0.0992. The Hall–Kier alpha value is -3.80. The molecule has 6 nitrogen and oxygen atoms in total. The first kappa shape index (κ1) is 16.4. The quantitative estimate of drug-likeness (QED) is 0.488. The van der Waals surface area contributed by atoms with Gasteiger partial charge < -0.3 is 4.98 Å². The highest BCUT2D eigenvalue weighted by atomic mass is 16.1. The molecule has 5 aromatic rings. The zero-order valence-electron chi connectivity index (χ0n) is 15.3. The van der Waals surface area contributed by atoms with Crippen LogP contribution in [-0.4, -0.2) is 30.5 Å². The van der Waals surface area contributed by atoms with Crippen LogP contribution in [0.3, 0.4) is 0 Å². The average Bonchev–Trinajstić information content (AvgIpc) is 3.35. The Morgan fingerprint density at radius 1 is 1.07 bits per heavy atom. The van der Waals surface area contributed by atoms with Gasteiger partial charge in [0.2, 0.25) is 0 Å². The van der Waals surface area contributed by atoms with E-state index in [1.54, 1.807) is 17.1 Å². The van der Waals surface area contributed by atoms with Crippen molar-refractivity contribution in [2.75, 3.05) is 0 Å². The number of aromatic amines is 1. The van der Waals surface area contributed by atoms with Crippen molar-refractivity contribution in [3.8, 4) is 11.3 Å². The monoisotopic (exact) mass is 367 g/mol. The van der Waals surface area contributed by atoms with E-state index in [-0.39, 0.29) is 12.2 Å². The molecule has 5 rings (SSSR count). The van der Waals surface area contributed by atoms with Crippen LogP contribution in [0.25, 0.3) is 33.1 Å². The number of hydrogen-bond acceptors (Lipinski definition) is 4. The highest BCUT2D eigenvalue weighted by Crippen LogP contribution is 2.21. The van der Waals surface area contributed by atoms with Gasteiger partial charge in [-0.05, 0) is 42.5 Å². The Morgan fingerprint density at radius 2 is 2.00 bits per heavy atom. The number of Topliss-reactive ketones (excluding diaryl/α,β-unsaturated/α-hetero) is 1. The summed E-state index contributed by atoms with van der Waals surface area (Å²) in [5.74, 6) is 0.0402. The lowest BCUT2D eigenvalue weighted by Gasteiger charge is -2.05. The number of ketones is 1. The third kappa shape index (κ3) is 2.95. The molecule has 0 radical (unpaired) electrons. The third-order valence-corrected chi connectivity index (χ3v) is 4.85. The second-order valence-electron chi connectivity index (χ2n) is 6.85. The Morgan fingerprint density at radius 3 is 2.86 bits per heavy atom. The van der Waals surface area contributed by atoms with E-state index in [0.717, 1.165) is 33.1 Å². The van der Waals surface area contributed by atoms with E-state index in [2.05, 4.69) is 15.1 Å². The lowest BCUT2D eigenvalue weighted by atomic mass is 10.0. The number of H-pyrrole nitrogens is 1. The summed E-state index contributed by atoms with van der Waals surface area (Å²) in [5, 5.41) is 6.17. The lowest BCUT2D eigenvalue weighted by Crippen LogP contribution is -2.05. The molecule has 0 aliphatic carbocycles. The molecule has 4 heterocycles. The van der Waals surface area contributed by atoms with Crippen molar-refractivity contribution in [2.45, 2.75) is 6.42 Å². The summed E-state index contributed by atoms with van der Waals surface area (Å²) in [7, 11) is 1.88. The van der Waals surface area contributed by atoms with Crippen LogP contribution < -0.4 is 0 Å². The van der Waals surface area contributed by atoms with Gasteiger partial charge in [-0.15, -0.1) is 0 Å². The number of pyridine rings is 2. The van der Waals surface area contributed by atoms with Crippen LogP contribution in [0.1, 0.15) is 16.1 Å². The summed E-state index contributed by atoms with van der Waals surface area (Å²) in [6.07, 6.45) is 7.60. The number of fused-ring (bicyclic) bond motifs is 2. The summed E-state index contributed by atoms with van der Waals surface area (Å²) in [6.45, 7) is 0. The molecule has 1 aromatic carbocycles.